The molecule has 0 aliphatic heterocycles. The molecule has 0 radical (unpaired) electrons. The van der Waals surface area contributed by atoms with Crippen molar-refractivity contribution in [1.29, 1.82) is 0 Å². The van der Waals surface area contributed by atoms with Gasteiger partial charge in [0.25, 0.3) is 0 Å². The minimum absolute atomic E-state index is 0.327. The van der Waals surface area contributed by atoms with E-state index in [2.05, 4.69) is 51.9 Å². The summed E-state index contributed by atoms with van der Waals surface area (Å²) >= 11 is 0. The first-order valence-electron chi connectivity index (χ1n) is 5.18. The molecule has 1 unspecified atom stereocenters. The first kappa shape index (κ1) is 12.9. The van der Waals surface area contributed by atoms with Crippen LogP contribution in [0, 0.1) is 5.41 Å². The third-order valence-corrected chi connectivity index (χ3v) is 3.14. The summed E-state index contributed by atoms with van der Waals surface area (Å²) in [6, 6.07) is 1.18. The van der Waals surface area contributed by atoms with Gasteiger partial charge in [0.1, 0.15) is 0 Å². The molecule has 2 nitrogen and oxygen atoms in total. The van der Waals surface area contributed by atoms with Gasteiger partial charge in [-0.2, -0.15) is 0 Å². The zero-order chi connectivity index (χ0) is 10.6. The van der Waals surface area contributed by atoms with Gasteiger partial charge in [-0.1, -0.05) is 13.8 Å². The summed E-state index contributed by atoms with van der Waals surface area (Å²) in [5, 5.41) is 3.32. The zero-order valence-electron chi connectivity index (χ0n) is 10.3. The fraction of sp³-hybridized carbons (Fsp3) is 1.00. The summed E-state index contributed by atoms with van der Waals surface area (Å²) in [6.07, 6.45) is 0. The maximum atomic E-state index is 3.32. The van der Waals surface area contributed by atoms with Gasteiger partial charge in [-0.05, 0) is 40.3 Å². The molecule has 0 rings (SSSR count). The van der Waals surface area contributed by atoms with Gasteiger partial charge in [-0.3, -0.25) is 0 Å². The second-order valence-corrected chi connectivity index (χ2v) is 5.01. The van der Waals surface area contributed by atoms with Crippen molar-refractivity contribution < 1.29 is 0 Å². The molecule has 0 aromatic rings. The minimum Gasteiger partial charge on any atom is -0.317 e. The highest BCUT2D eigenvalue weighted by molar-refractivity contribution is 4.82. The Morgan fingerprint density at radius 2 is 1.69 bits per heavy atom. The Morgan fingerprint density at radius 3 is 2.00 bits per heavy atom. The number of hydrogen-bond acceptors (Lipinski definition) is 2. The molecular formula is C11H26N2. The SMILES string of the molecule is CNC(C)C(C)(C)CN(C)C(C)C. The van der Waals surface area contributed by atoms with Crippen LogP contribution in [0.25, 0.3) is 0 Å². The van der Waals surface area contributed by atoms with Gasteiger partial charge in [0.2, 0.25) is 0 Å². The van der Waals surface area contributed by atoms with Crippen molar-refractivity contribution in [2.75, 3.05) is 20.6 Å². The van der Waals surface area contributed by atoms with Crippen LogP contribution in [0.1, 0.15) is 34.6 Å². The summed E-state index contributed by atoms with van der Waals surface area (Å²) in [7, 11) is 4.22. The van der Waals surface area contributed by atoms with Gasteiger partial charge in [0, 0.05) is 18.6 Å². The van der Waals surface area contributed by atoms with Crippen LogP contribution >= 0.6 is 0 Å². The Kier molecular flexibility index (Phi) is 4.93. The Hall–Kier alpha value is -0.0800. The molecule has 2 heteroatoms. The van der Waals surface area contributed by atoms with E-state index in [1.165, 1.54) is 0 Å². The summed E-state index contributed by atoms with van der Waals surface area (Å²) in [5.74, 6) is 0. The predicted molar refractivity (Wildman–Crippen MR) is 60.1 cm³/mol. The van der Waals surface area contributed by atoms with Crippen molar-refractivity contribution in [1.82, 2.24) is 10.2 Å². The molecule has 0 aromatic carbocycles. The van der Waals surface area contributed by atoms with E-state index in [4.69, 9.17) is 0 Å². The summed E-state index contributed by atoms with van der Waals surface area (Å²) in [4.78, 5) is 2.40. The quantitative estimate of drug-likeness (QED) is 0.706. The molecule has 0 fully saturated rings. The first-order valence-corrected chi connectivity index (χ1v) is 5.18. The molecule has 0 aliphatic carbocycles. The standard InChI is InChI=1S/C11H26N2/c1-9(2)13(7)8-11(4,5)10(3)12-6/h9-10,12H,8H2,1-7H3. The van der Waals surface area contributed by atoms with Crippen LogP contribution < -0.4 is 5.32 Å². The molecule has 0 aromatic heterocycles. The van der Waals surface area contributed by atoms with E-state index in [9.17, 15) is 0 Å². The van der Waals surface area contributed by atoms with Crippen LogP contribution in [0.2, 0.25) is 0 Å². The monoisotopic (exact) mass is 186 g/mol. The molecular weight excluding hydrogens is 160 g/mol. The van der Waals surface area contributed by atoms with E-state index >= 15 is 0 Å². The molecule has 0 aliphatic rings. The zero-order valence-corrected chi connectivity index (χ0v) is 10.3. The van der Waals surface area contributed by atoms with Crippen LogP contribution in [0.4, 0.5) is 0 Å². The van der Waals surface area contributed by atoms with Gasteiger partial charge >= 0.3 is 0 Å². The second kappa shape index (κ2) is 4.97. The lowest BCUT2D eigenvalue weighted by Gasteiger charge is -2.37. The number of nitrogens with zero attached hydrogens (tertiary/aromatic N) is 1. The summed E-state index contributed by atoms with van der Waals surface area (Å²) in [5.41, 5.74) is 0.327. The van der Waals surface area contributed by atoms with Gasteiger partial charge in [-0.15, -0.1) is 0 Å². The van der Waals surface area contributed by atoms with E-state index in [-0.39, 0.29) is 0 Å². The van der Waals surface area contributed by atoms with Crippen LogP contribution in [-0.2, 0) is 0 Å². The minimum atomic E-state index is 0.327. The molecule has 1 atom stereocenters. The Balaban J connectivity index is 4.15. The average molecular weight is 186 g/mol. The molecule has 0 saturated carbocycles. The number of hydrogen-bond donors (Lipinski definition) is 1. The molecule has 0 bridgehead atoms. The fourth-order valence-corrected chi connectivity index (χ4v) is 1.35. The number of nitrogens with one attached hydrogen (secondary N) is 1. The van der Waals surface area contributed by atoms with Crippen molar-refractivity contribution in [2.24, 2.45) is 5.41 Å². The lowest BCUT2D eigenvalue weighted by Crippen LogP contribution is -2.46. The van der Waals surface area contributed by atoms with E-state index in [1.54, 1.807) is 0 Å². The molecule has 13 heavy (non-hydrogen) atoms. The van der Waals surface area contributed by atoms with Crippen LogP contribution in [-0.4, -0.2) is 37.6 Å². The first-order chi connectivity index (χ1) is 5.81. The predicted octanol–water partition coefficient (Wildman–Crippen LogP) is 1.96. The van der Waals surface area contributed by atoms with Gasteiger partial charge < -0.3 is 10.2 Å². The van der Waals surface area contributed by atoms with Crippen molar-refractivity contribution in [2.45, 2.75) is 46.7 Å². The molecule has 80 valence electrons. The third kappa shape index (κ3) is 4.10. The summed E-state index contributed by atoms with van der Waals surface area (Å²) in [6.45, 7) is 12.5. The van der Waals surface area contributed by atoms with E-state index in [1.807, 2.05) is 7.05 Å². The second-order valence-electron chi connectivity index (χ2n) is 5.01. The highest BCUT2D eigenvalue weighted by Gasteiger charge is 2.26. The third-order valence-electron chi connectivity index (χ3n) is 3.14. The maximum absolute atomic E-state index is 3.32. The van der Waals surface area contributed by atoms with Crippen LogP contribution in [0.15, 0.2) is 0 Å². The van der Waals surface area contributed by atoms with E-state index in [0.717, 1.165) is 6.54 Å². The van der Waals surface area contributed by atoms with E-state index in [0.29, 0.717) is 17.5 Å². The van der Waals surface area contributed by atoms with Crippen molar-refractivity contribution in [3.63, 3.8) is 0 Å². The Morgan fingerprint density at radius 1 is 1.23 bits per heavy atom. The van der Waals surface area contributed by atoms with E-state index < -0.39 is 0 Å². The average Bonchev–Trinajstić information content (AvgIpc) is 2.01. The molecule has 0 spiro atoms. The van der Waals surface area contributed by atoms with Crippen molar-refractivity contribution in [3.05, 3.63) is 0 Å². The largest absolute Gasteiger partial charge is 0.317 e. The smallest absolute Gasteiger partial charge is 0.00991 e. The van der Waals surface area contributed by atoms with Gasteiger partial charge in [0.05, 0.1) is 0 Å². The van der Waals surface area contributed by atoms with Crippen molar-refractivity contribution in [3.8, 4) is 0 Å². The molecule has 0 amide bonds. The highest BCUT2D eigenvalue weighted by Crippen LogP contribution is 2.21. The Labute approximate surface area is 83.7 Å². The topological polar surface area (TPSA) is 15.3 Å². The number of rotatable bonds is 5. The lowest BCUT2D eigenvalue weighted by atomic mass is 9.84. The Bertz CT molecular complexity index is 141. The molecule has 0 heterocycles. The van der Waals surface area contributed by atoms with Crippen molar-refractivity contribution >= 4 is 0 Å². The molecule has 0 saturated heterocycles. The fourth-order valence-electron chi connectivity index (χ4n) is 1.35. The maximum Gasteiger partial charge on any atom is 0.00991 e. The van der Waals surface area contributed by atoms with Gasteiger partial charge in [0.15, 0.2) is 0 Å². The van der Waals surface area contributed by atoms with Gasteiger partial charge in [-0.25, -0.2) is 0 Å². The lowest BCUT2D eigenvalue weighted by molar-refractivity contribution is 0.145. The van der Waals surface area contributed by atoms with Crippen LogP contribution in [0.3, 0.4) is 0 Å². The summed E-state index contributed by atoms with van der Waals surface area (Å²) < 4.78 is 0. The highest BCUT2D eigenvalue weighted by atomic mass is 15.1. The normalized spacial score (nSPS) is 15.5. The van der Waals surface area contributed by atoms with Crippen LogP contribution in [0.5, 0.6) is 0 Å². The molecule has 1 N–H and O–H groups in total.